The van der Waals surface area contributed by atoms with Gasteiger partial charge in [0.15, 0.2) is 5.65 Å². The second kappa shape index (κ2) is 9.34. The molecule has 0 saturated carbocycles. The maximum Gasteiger partial charge on any atom is 0.222 e. The van der Waals surface area contributed by atoms with E-state index < -0.39 is 0 Å². The van der Waals surface area contributed by atoms with Gasteiger partial charge in [-0.15, -0.1) is 0 Å². The molecule has 5 rings (SSSR count). The van der Waals surface area contributed by atoms with Gasteiger partial charge in [-0.1, -0.05) is 12.2 Å². The first-order valence-electron chi connectivity index (χ1n) is 12.6. The van der Waals surface area contributed by atoms with E-state index in [9.17, 15) is 4.79 Å². The van der Waals surface area contributed by atoms with E-state index in [0.29, 0.717) is 12.5 Å². The SMILES string of the molecule is Cc1nc2cc([C@@H]3CCCN3C[C@@H]3CC=CCC3)nn2c(C)c1CCC(=O)N1CCCC1. The average molecular weight is 436 g/mol. The minimum Gasteiger partial charge on any atom is -0.343 e. The second-order valence-corrected chi connectivity index (χ2v) is 9.99. The highest BCUT2D eigenvalue weighted by Gasteiger charge is 2.30. The number of amides is 1. The molecule has 1 amide bonds. The van der Waals surface area contributed by atoms with Crippen molar-refractivity contribution in [3.05, 3.63) is 40.9 Å². The van der Waals surface area contributed by atoms with Gasteiger partial charge in [-0.25, -0.2) is 9.50 Å². The smallest absolute Gasteiger partial charge is 0.222 e. The molecular weight excluding hydrogens is 398 g/mol. The number of fused-ring (bicyclic) bond motifs is 1. The van der Waals surface area contributed by atoms with Crippen LogP contribution in [0.5, 0.6) is 0 Å². The van der Waals surface area contributed by atoms with Crippen LogP contribution in [0.4, 0.5) is 0 Å². The summed E-state index contributed by atoms with van der Waals surface area (Å²) in [6, 6.07) is 2.60. The lowest BCUT2D eigenvalue weighted by Crippen LogP contribution is -2.30. The molecule has 2 atom stereocenters. The summed E-state index contributed by atoms with van der Waals surface area (Å²) >= 11 is 0. The Labute approximate surface area is 191 Å². The Morgan fingerprint density at radius 2 is 1.94 bits per heavy atom. The van der Waals surface area contributed by atoms with Gasteiger partial charge < -0.3 is 4.90 Å². The molecule has 4 heterocycles. The highest BCUT2D eigenvalue weighted by molar-refractivity contribution is 5.76. The van der Waals surface area contributed by atoms with Crippen molar-refractivity contribution < 1.29 is 4.79 Å². The summed E-state index contributed by atoms with van der Waals surface area (Å²) in [5.41, 5.74) is 5.45. The molecule has 2 aromatic rings. The van der Waals surface area contributed by atoms with E-state index in [2.05, 4.69) is 37.0 Å². The van der Waals surface area contributed by atoms with Crippen LogP contribution in [-0.2, 0) is 11.2 Å². The van der Waals surface area contributed by atoms with Gasteiger partial charge in [0.25, 0.3) is 0 Å². The number of likely N-dealkylation sites (tertiary alicyclic amines) is 2. The van der Waals surface area contributed by atoms with Crippen LogP contribution in [0.2, 0.25) is 0 Å². The van der Waals surface area contributed by atoms with E-state index in [0.717, 1.165) is 61.0 Å². The number of carbonyl (C=O) groups is 1. The fourth-order valence-corrected chi connectivity index (χ4v) is 5.96. The molecule has 0 spiro atoms. The minimum absolute atomic E-state index is 0.279. The van der Waals surface area contributed by atoms with Crippen molar-refractivity contribution in [1.29, 1.82) is 0 Å². The normalized spacial score (nSPS) is 24.1. The summed E-state index contributed by atoms with van der Waals surface area (Å²) in [7, 11) is 0. The fraction of sp³-hybridized carbons (Fsp3) is 0.654. The number of aryl methyl sites for hydroxylation is 2. The number of allylic oxidation sites excluding steroid dienone is 2. The van der Waals surface area contributed by atoms with E-state index in [1.807, 2.05) is 9.42 Å². The molecule has 6 heteroatoms. The summed E-state index contributed by atoms with van der Waals surface area (Å²) in [5, 5.41) is 5.05. The number of nitrogens with zero attached hydrogens (tertiary/aromatic N) is 5. The summed E-state index contributed by atoms with van der Waals surface area (Å²) < 4.78 is 2.03. The Hall–Kier alpha value is -2.21. The molecule has 32 heavy (non-hydrogen) atoms. The molecule has 0 radical (unpaired) electrons. The Morgan fingerprint density at radius 3 is 2.72 bits per heavy atom. The Bertz CT molecular complexity index is 1000. The van der Waals surface area contributed by atoms with Crippen molar-refractivity contribution in [3.8, 4) is 0 Å². The quantitative estimate of drug-likeness (QED) is 0.632. The van der Waals surface area contributed by atoms with Crippen LogP contribution in [0.3, 0.4) is 0 Å². The van der Waals surface area contributed by atoms with Crippen molar-refractivity contribution in [2.45, 2.75) is 77.7 Å². The van der Waals surface area contributed by atoms with Crippen LogP contribution < -0.4 is 0 Å². The summed E-state index contributed by atoms with van der Waals surface area (Å²) in [4.78, 5) is 22.1. The van der Waals surface area contributed by atoms with Crippen LogP contribution in [-0.4, -0.2) is 56.5 Å². The van der Waals surface area contributed by atoms with Crippen molar-refractivity contribution in [1.82, 2.24) is 24.4 Å². The zero-order chi connectivity index (χ0) is 22.1. The molecule has 3 aliphatic rings. The molecule has 6 nitrogen and oxygen atoms in total. The minimum atomic E-state index is 0.279. The number of hydrogen-bond donors (Lipinski definition) is 0. The van der Waals surface area contributed by atoms with Gasteiger partial charge in [0.2, 0.25) is 5.91 Å². The molecule has 172 valence electrons. The third-order valence-electron chi connectivity index (χ3n) is 7.81. The van der Waals surface area contributed by atoms with Crippen molar-refractivity contribution in [2.75, 3.05) is 26.2 Å². The van der Waals surface area contributed by atoms with Gasteiger partial charge in [-0.2, -0.15) is 5.10 Å². The van der Waals surface area contributed by atoms with E-state index >= 15 is 0 Å². The lowest BCUT2D eigenvalue weighted by molar-refractivity contribution is -0.130. The monoisotopic (exact) mass is 435 g/mol. The molecule has 0 bridgehead atoms. The summed E-state index contributed by atoms with van der Waals surface area (Å²) in [6.07, 6.45) is 14.5. The van der Waals surface area contributed by atoms with E-state index in [-0.39, 0.29) is 5.91 Å². The molecule has 2 aromatic heterocycles. The van der Waals surface area contributed by atoms with Crippen molar-refractivity contribution in [2.24, 2.45) is 5.92 Å². The van der Waals surface area contributed by atoms with Gasteiger partial charge in [0.05, 0.1) is 11.7 Å². The number of carbonyl (C=O) groups excluding carboxylic acids is 1. The molecule has 2 fully saturated rings. The largest absolute Gasteiger partial charge is 0.343 e. The fourth-order valence-electron chi connectivity index (χ4n) is 5.96. The van der Waals surface area contributed by atoms with Gasteiger partial charge in [0, 0.05) is 43.5 Å². The standard InChI is InChI=1S/C26H37N5O/c1-19-22(12-13-26(32)29-14-6-7-15-29)20(2)31-25(27-19)17-23(28-31)24-11-8-16-30(24)18-21-9-4-3-5-10-21/h3-4,17,21,24H,5-16,18H2,1-2H3/t21-,24+/m1/s1. The summed E-state index contributed by atoms with van der Waals surface area (Å²) in [5.74, 6) is 1.06. The average Bonchev–Trinajstić information content (AvgIpc) is 3.55. The van der Waals surface area contributed by atoms with Crippen molar-refractivity contribution >= 4 is 11.6 Å². The van der Waals surface area contributed by atoms with Crippen molar-refractivity contribution in [3.63, 3.8) is 0 Å². The molecule has 0 aromatic carbocycles. The van der Waals surface area contributed by atoms with Crippen LogP contribution >= 0.6 is 0 Å². The lowest BCUT2D eigenvalue weighted by Gasteiger charge is -2.28. The Balaban J connectivity index is 1.33. The maximum atomic E-state index is 12.6. The van der Waals surface area contributed by atoms with Crippen LogP contribution in [0.15, 0.2) is 18.2 Å². The van der Waals surface area contributed by atoms with Gasteiger partial charge >= 0.3 is 0 Å². The second-order valence-electron chi connectivity index (χ2n) is 9.99. The zero-order valence-corrected chi connectivity index (χ0v) is 19.7. The zero-order valence-electron chi connectivity index (χ0n) is 19.7. The molecule has 0 N–H and O–H groups in total. The van der Waals surface area contributed by atoms with Crippen LogP contribution in [0, 0.1) is 19.8 Å². The Morgan fingerprint density at radius 1 is 1.09 bits per heavy atom. The predicted molar refractivity (Wildman–Crippen MR) is 127 cm³/mol. The highest BCUT2D eigenvalue weighted by Crippen LogP contribution is 2.34. The molecule has 2 saturated heterocycles. The van der Waals surface area contributed by atoms with E-state index in [1.165, 1.54) is 50.8 Å². The first kappa shape index (κ1) is 21.6. The Kier molecular flexibility index (Phi) is 6.31. The highest BCUT2D eigenvalue weighted by atomic mass is 16.2. The van der Waals surface area contributed by atoms with Crippen LogP contribution in [0.1, 0.15) is 80.1 Å². The van der Waals surface area contributed by atoms with E-state index in [1.54, 1.807) is 0 Å². The first-order chi connectivity index (χ1) is 15.6. The number of hydrogen-bond acceptors (Lipinski definition) is 4. The summed E-state index contributed by atoms with van der Waals surface area (Å²) in [6.45, 7) is 8.41. The maximum absolute atomic E-state index is 12.6. The van der Waals surface area contributed by atoms with Gasteiger partial charge in [0.1, 0.15) is 0 Å². The molecule has 0 unspecified atom stereocenters. The van der Waals surface area contributed by atoms with Gasteiger partial charge in [-0.3, -0.25) is 9.69 Å². The molecule has 1 aliphatic carbocycles. The number of aromatic nitrogens is 3. The first-order valence-corrected chi connectivity index (χ1v) is 12.6. The van der Waals surface area contributed by atoms with Gasteiger partial charge in [-0.05, 0) is 83.2 Å². The van der Waals surface area contributed by atoms with E-state index in [4.69, 9.17) is 10.1 Å². The number of rotatable bonds is 6. The van der Waals surface area contributed by atoms with Crippen LogP contribution in [0.25, 0.3) is 5.65 Å². The lowest BCUT2D eigenvalue weighted by atomic mass is 9.93. The molecule has 2 aliphatic heterocycles. The third-order valence-corrected chi connectivity index (χ3v) is 7.81. The molecular formula is C26H37N5O. The predicted octanol–water partition coefficient (Wildman–Crippen LogP) is 4.39. The topological polar surface area (TPSA) is 53.7 Å². The third kappa shape index (κ3) is 4.34.